The molecule has 1 aromatic carbocycles. The van der Waals surface area contributed by atoms with Gasteiger partial charge in [0, 0.05) is 25.6 Å². The van der Waals surface area contributed by atoms with E-state index in [9.17, 15) is 0 Å². The van der Waals surface area contributed by atoms with Gasteiger partial charge in [-0.1, -0.05) is 31.9 Å². The number of fused-ring (bicyclic) bond motifs is 1. The lowest BCUT2D eigenvalue weighted by Crippen LogP contribution is -2.29. The van der Waals surface area contributed by atoms with Gasteiger partial charge in [-0.2, -0.15) is 0 Å². The van der Waals surface area contributed by atoms with Crippen molar-refractivity contribution in [2.24, 2.45) is 0 Å². The fourth-order valence-electron chi connectivity index (χ4n) is 3.16. The van der Waals surface area contributed by atoms with Crippen molar-refractivity contribution < 1.29 is 0 Å². The third-order valence-corrected chi connectivity index (χ3v) is 4.17. The first-order valence-electron chi connectivity index (χ1n) is 7.56. The summed E-state index contributed by atoms with van der Waals surface area (Å²) in [5, 5.41) is 3.69. The zero-order valence-electron chi connectivity index (χ0n) is 11.7. The van der Waals surface area contributed by atoms with Crippen LogP contribution in [0.5, 0.6) is 0 Å². The van der Waals surface area contributed by atoms with Crippen LogP contribution in [0.4, 0.5) is 0 Å². The molecule has 1 aliphatic rings. The van der Waals surface area contributed by atoms with Crippen LogP contribution in [0.2, 0.25) is 0 Å². The van der Waals surface area contributed by atoms with Crippen LogP contribution in [-0.2, 0) is 13.0 Å². The summed E-state index contributed by atoms with van der Waals surface area (Å²) in [7, 11) is 0. The SMILES string of the molecule is CCc1nc2ccccc2n1CCNC1CCCC1. The maximum absolute atomic E-state index is 4.72. The van der Waals surface area contributed by atoms with Crippen molar-refractivity contribution in [2.45, 2.75) is 51.6 Å². The van der Waals surface area contributed by atoms with Gasteiger partial charge in [-0.15, -0.1) is 0 Å². The quantitative estimate of drug-likeness (QED) is 0.892. The number of nitrogens with zero attached hydrogens (tertiary/aromatic N) is 2. The summed E-state index contributed by atoms with van der Waals surface area (Å²) in [6.45, 7) is 4.26. The Balaban J connectivity index is 1.71. The van der Waals surface area contributed by atoms with E-state index in [1.54, 1.807) is 0 Å². The van der Waals surface area contributed by atoms with E-state index in [1.807, 2.05) is 0 Å². The molecule has 102 valence electrons. The highest BCUT2D eigenvalue weighted by Crippen LogP contribution is 2.18. The summed E-state index contributed by atoms with van der Waals surface area (Å²) in [6.07, 6.45) is 6.49. The topological polar surface area (TPSA) is 29.9 Å². The molecular weight excluding hydrogens is 234 g/mol. The molecule has 0 spiro atoms. The largest absolute Gasteiger partial charge is 0.327 e. The Morgan fingerprint density at radius 1 is 1.26 bits per heavy atom. The number of hydrogen-bond donors (Lipinski definition) is 1. The van der Waals surface area contributed by atoms with Crippen molar-refractivity contribution in [1.82, 2.24) is 14.9 Å². The molecule has 0 bridgehead atoms. The van der Waals surface area contributed by atoms with E-state index in [-0.39, 0.29) is 0 Å². The van der Waals surface area contributed by atoms with E-state index in [4.69, 9.17) is 4.98 Å². The molecule has 0 amide bonds. The van der Waals surface area contributed by atoms with Crippen LogP contribution in [-0.4, -0.2) is 22.1 Å². The number of para-hydroxylation sites is 2. The molecule has 1 fully saturated rings. The standard InChI is InChI=1S/C16H23N3/c1-2-16-18-14-9-5-6-10-15(14)19(16)12-11-17-13-7-3-4-8-13/h5-6,9-10,13,17H,2-4,7-8,11-12H2,1H3. The molecule has 1 aromatic heterocycles. The van der Waals surface area contributed by atoms with Gasteiger partial charge in [-0.05, 0) is 25.0 Å². The van der Waals surface area contributed by atoms with Crippen LogP contribution in [0, 0.1) is 0 Å². The van der Waals surface area contributed by atoms with Crippen molar-refractivity contribution >= 4 is 11.0 Å². The highest BCUT2D eigenvalue weighted by Gasteiger charge is 2.14. The van der Waals surface area contributed by atoms with Crippen LogP contribution in [0.1, 0.15) is 38.4 Å². The molecule has 0 unspecified atom stereocenters. The molecule has 19 heavy (non-hydrogen) atoms. The molecule has 0 atom stereocenters. The molecule has 2 aromatic rings. The first kappa shape index (κ1) is 12.7. The minimum atomic E-state index is 0.750. The second kappa shape index (κ2) is 5.74. The lowest BCUT2D eigenvalue weighted by molar-refractivity contribution is 0.495. The second-order valence-electron chi connectivity index (χ2n) is 5.46. The Labute approximate surface area is 115 Å². The van der Waals surface area contributed by atoms with Crippen LogP contribution < -0.4 is 5.32 Å². The van der Waals surface area contributed by atoms with Crippen LogP contribution >= 0.6 is 0 Å². The summed E-state index contributed by atoms with van der Waals surface area (Å²) in [5.41, 5.74) is 2.40. The number of nitrogens with one attached hydrogen (secondary N) is 1. The summed E-state index contributed by atoms with van der Waals surface area (Å²) >= 11 is 0. The Morgan fingerprint density at radius 3 is 2.84 bits per heavy atom. The molecule has 1 saturated carbocycles. The first-order valence-corrected chi connectivity index (χ1v) is 7.56. The molecule has 0 saturated heterocycles. The second-order valence-corrected chi connectivity index (χ2v) is 5.46. The predicted molar refractivity (Wildman–Crippen MR) is 79.4 cm³/mol. The maximum atomic E-state index is 4.72. The Bertz CT molecular complexity index is 538. The van der Waals surface area contributed by atoms with Crippen molar-refractivity contribution in [3.63, 3.8) is 0 Å². The van der Waals surface area contributed by atoms with E-state index >= 15 is 0 Å². The third kappa shape index (κ3) is 2.66. The normalized spacial score (nSPS) is 16.5. The van der Waals surface area contributed by atoms with Crippen LogP contribution in [0.15, 0.2) is 24.3 Å². The van der Waals surface area contributed by atoms with Gasteiger partial charge in [0.1, 0.15) is 5.82 Å². The van der Waals surface area contributed by atoms with E-state index in [0.29, 0.717) is 0 Å². The minimum Gasteiger partial charge on any atom is -0.327 e. The van der Waals surface area contributed by atoms with Gasteiger partial charge in [0.25, 0.3) is 0 Å². The van der Waals surface area contributed by atoms with Gasteiger partial charge in [-0.25, -0.2) is 4.98 Å². The summed E-state index contributed by atoms with van der Waals surface area (Å²) < 4.78 is 2.37. The van der Waals surface area contributed by atoms with Crippen LogP contribution in [0.3, 0.4) is 0 Å². The van der Waals surface area contributed by atoms with Gasteiger partial charge in [0.05, 0.1) is 11.0 Å². The predicted octanol–water partition coefficient (Wildman–Crippen LogP) is 3.13. The Kier molecular flexibility index (Phi) is 3.83. The molecular formula is C16H23N3. The molecule has 3 rings (SSSR count). The summed E-state index contributed by atoms with van der Waals surface area (Å²) in [6, 6.07) is 9.20. The molecule has 1 N–H and O–H groups in total. The number of aryl methyl sites for hydroxylation is 1. The van der Waals surface area contributed by atoms with Gasteiger partial charge in [0.15, 0.2) is 0 Å². The lowest BCUT2D eigenvalue weighted by atomic mass is 10.2. The van der Waals surface area contributed by atoms with Crippen molar-refractivity contribution in [1.29, 1.82) is 0 Å². The van der Waals surface area contributed by atoms with Gasteiger partial charge < -0.3 is 9.88 Å². The van der Waals surface area contributed by atoms with E-state index in [2.05, 4.69) is 41.1 Å². The van der Waals surface area contributed by atoms with E-state index in [0.717, 1.165) is 31.1 Å². The smallest absolute Gasteiger partial charge is 0.109 e. The lowest BCUT2D eigenvalue weighted by Gasteiger charge is -2.13. The van der Waals surface area contributed by atoms with Crippen molar-refractivity contribution in [2.75, 3.05) is 6.54 Å². The monoisotopic (exact) mass is 257 g/mol. The van der Waals surface area contributed by atoms with Gasteiger partial charge in [0.2, 0.25) is 0 Å². The Hall–Kier alpha value is -1.35. The zero-order chi connectivity index (χ0) is 13.1. The van der Waals surface area contributed by atoms with Crippen molar-refractivity contribution in [3.8, 4) is 0 Å². The van der Waals surface area contributed by atoms with E-state index < -0.39 is 0 Å². The Morgan fingerprint density at radius 2 is 2.05 bits per heavy atom. The molecule has 0 aliphatic heterocycles. The van der Waals surface area contributed by atoms with Crippen molar-refractivity contribution in [3.05, 3.63) is 30.1 Å². The fourth-order valence-corrected chi connectivity index (χ4v) is 3.16. The van der Waals surface area contributed by atoms with Gasteiger partial charge in [-0.3, -0.25) is 0 Å². The summed E-state index contributed by atoms with van der Waals surface area (Å²) in [5.74, 6) is 1.20. The summed E-state index contributed by atoms with van der Waals surface area (Å²) in [4.78, 5) is 4.72. The molecule has 0 radical (unpaired) electrons. The number of aromatic nitrogens is 2. The number of benzene rings is 1. The third-order valence-electron chi connectivity index (χ3n) is 4.17. The van der Waals surface area contributed by atoms with Crippen LogP contribution in [0.25, 0.3) is 11.0 Å². The molecule has 3 nitrogen and oxygen atoms in total. The fraction of sp³-hybridized carbons (Fsp3) is 0.562. The zero-order valence-corrected chi connectivity index (χ0v) is 11.7. The highest BCUT2D eigenvalue weighted by atomic mass is 15.1. The number of rotatable bonds is 5. The average molecular weight is 257 g/mol. The number of hydrogen-bond acceptors (Lipinski definition) is 2. The van der Waals surface area contributed by atoms with E-state index in [1.165, 1.54) is 37.0 Å². The maximum Gasteiger partial charge on any atom is 0.109 e. The highest BCUT2D eigenvalue weighted by molar-refractivity contribution is 5.75. The molecule has 3 heteroatoms. The average Bonchev–Trinajstić information content (AvgIpc) is 3.06. The van der Waals surface area contributed by atoms with Gasteiger partial charge >= 0.3 is 0 Å². The minimum absolute atomic E-state index is 0.750. The molecule has 1 heterocycles. The molecule has 1 aliphatic carbocycles. The number of imidazole rings is 1. The first-order chi connectivity index (χ1) is 9.38.